The van der Waals surface area contributed by atoms with Crippen molar-refractivity contribution in [2.45, 2.75) is 39.6 Å². The predicted molar refractivity (Wildman–Crippen MR) is 160 cm³/mol. The van der Waals surface area contributed by atoms with Gasteiger partial charge in [-0.1, -0.05) is 44.2 Å². The molecule has 218 valence electrons. The number of carbonyl (C=O) groups is 1. The van der Waals surface area contributed by atoms with Gasteiger partial charge in [0.15, 0.2) is 23.7 Å². The second-order valence-electron chi connectivity index (χ2n) is 11.4. The summed E-state index contributed by atoms with van der Waals surface area (Å²) in [5, 5.41) is 3.08. The molecule has 0 bridgehead atoms. The number of amides is 1. The van der Waals surface area contributed by atoms with Crippen molar-refractivity contribution in [2.75, 3.05) is 36.5 Å². The van der Waals surface area contributed by atoms with Crippen LogP contribution < -0.4 is 15.0 Å². The third-order valence-electron chi connectivity index (χ3n) is 7.31. The third kappa shape index (κ3) is 6.46. The van der Waals surface area contributed by atoms with Gasteiger partial charge in [-0.15, -0.1) is 0 Å². The van der Waals surface area contributed by atoms with E-state index in [0.29, 0.717) is 29.7 Å². The molecule has 0 spiro atoms. The van der Waals surface area contributed by atoms with Crippen LogP contribution in [0.4, 0.5) is 15.2 Å². The minimum Gasteiger partial charge on any atom is -0.485 e. The molecule has 3 aromatic carbocycles. The Morgan fingerprint density at radius 2 is 1.79 bits per heavy atom. The summed E-state index contributed by atoms with van der Waals surface area (Å²) in [6.07, 6.45) is 1.56. The van der Waals surface area contributed by atoms with Crippen LogP contribution in [-0.2, 0) is 16.1 Å². The molecule has 0 atom stereocenters. The molecule has 1 N–H and O–H groups in total. The third-order valence-corrected chi connectivity index (χ3v) is 7.94. The lowest BCUT2D eigenvalue weighted by Gasteiger charge is -2.35. The Labute approximate surface area is 248 Å². The van der Waals surface area contributed by atoms with Crippen LogP contribution >= 0.6 is 11.5 Å². The zero-order valence-electron chi connectivity index (χ0n) is 23.6. The van der Waals surface area contributed by atoms with Crippen LogP contribution in [0.25, 0.3) is 11.4 Å². The highest BCUT2D eigenvalue weighted by molar-refractivity contribution is 7.10. The molecular formula is C32H33FN4O4S. The van der Waals surface area contributed by atoms with Crippen molar-refractivity contribution >= 4 is 28.3 Å². The molecule has 0 radical (unpaired) electrons. The number of hydrogen-bond donors (Lipinski definition) is 1. The van der Waals surface area contributed by atoms with Gasteiger partial charge in [0.05, 0.1) is 18.8 Å². The highest BCUT2D eigenvalue weighted by Crippen LogP contribution is 2.38. The normalized spacial score (nSPS) is 16.9. The van der Waals surface area contributed by atoms with E-state index in [-0.39, 0.29) is 23.3 Å². The number of nitrogens with one attached hydrogen (secondary N) is 1. The Hall–Kier alpha value is -3.86. The van der Waals surface area contributed by atoms with Crippen molar-refractivity contribution in [1.82, 2.24) is 9.36 Å². The number of nitrogens with zero attached hydrogens (tertiary/aromatic N) is 3. The lowest BCUT2D eigenvalue weighted by Crippen LogP contribution is -2.34. The standard InChI is InChI=1S/C32H33FN4O4S/c1-32(2)19-40-30(41-20-32)25-16-23(17-26(33)27(25)39-18-21-8-4-3-5-9-21)29(38)35-31-34-28(36-42-31)22-10-12-24(13-11-22)37-14-6-7-15-37/h3-5,8-13,16-17,30H,6-7,14-15,18-20H2,1-2H3,(H,34,35,36,38). The van der Waals surface area contributed by atoms with Crippen LogP contribution in [0.15, 0.2) is 66.7 Å². The predicted octanol–water partition coefficient (Wildman–Crippen LogP) is 6.85. The fourth-order valence-corrected chi connectivity index (χ4v) is 5.62. The summed E-state index contributed by atoms with van der Waals surface area (Å²) in [7, 11) is 0. The van der Waals surface area contributed by atoms with Gasteiger partial charge in [-0.2, -0.15) is 9.36 Å². The Morgan fingerprint density at radius 3 is 2.50 bits per heavy atom. The first-order valence-corrected chi connectivity index (χ1v) is 14.9. The van der Waals surface area contributed by atoms with E-state index >= 15 is 4.39 Å². The number of benzene rings is 3. The van der Waals surface area contributed by atoms with E-state index in [2.05, 4.69) is 31.7 Å². The van der Waals surface area contributed by atoms with Crippen molar-refractivity contribution in [3.63, 3.8) is 0 Å². The first kappa shape index (κ1) is 28.3. The molecule has 2 fully saturated rings. The fraction of sp³-hybridized carbons (Fsp3) is 0.344. The van der Waals surface area contributed by atoms with Crippen LogP contribution in [0.5, 0.6) is 5.75 Å². The molecule has 2 aliphatic heterocycles. The fourth-order valence-electron chi connectivity index (χ4n) is 5.03. The van der Waals surface area contributed by atoms with Gasteiger partial charge in [0.2, 0.25) is 5.13 Å². The number of hydrogen-bond acceptors (Lipinski definition) is 8. The average molecular weight is 589 g/mol. The second kappa shape index (κ2) is 12.2. The minimum atomic E-state index is -0.872. The van der Waals surface area contributed by atoms with Gasteiger partial charge >= 0.3 is 0 Å². The monoisotopic (exact) mass is 588 g/mol. The van der Waals surface area contributed by atoms with Crippen LogP contribution in [0, 0.1) is 11.2 Å². The average Bonchev–Trinajstić information content (AvgIpc) is 3.70. The van der Waals surface area contributed by atoms with Crippen molar-refractivity contribution < 1.29 is 23.4 Å². The van der Waals surface area contributed by atoms with E-state index in [1.807, 2.05) is 56.3 Å². The highest BCUT2D eigenvalue weighted by atomic mass is 32.1. The zero-order valence-corrected chi connectivity index (χ0v) is 24.5. The quantitative estimate of drug-likeness (QED) is 0.241. The van der Waals surface area contributed by atoms with Gasteiger partial charge in [-0.3, -0.25) is 10.1 Å². The van der Waals surface area contributed by atoms with Crippen LogP contribution in [-0.4, -0.2) is 41.6 Å². The first-order chi connectivity index (χ1) is 20.3. The molecule has 0 saturated carbocycles. The summed E-state index contributed by atoms with van der Waals surface area (Å²) in [6, 6.07) is 20.3. The summed E-state index contributed by atoms with van der Waals surface area (Å²) >= 11 is 1.07. The van der Waals surface area contributed by atoms with Crippen molar-refractivity contribution in [1.29, 1.82) is 0 Å². The van der Waals surface area contributed by atoms with Crippen LogP contribution in [0.2, 0.25) is 0 Å². The zero-order chi connectivity index (χ0) is 29.1. The topological polar surface area (TPSA) is 85.8 Å². The molecule has 0 unspecified atom stereocenters. The van der Waals surface area contributed by atoms with Gasteiger partial charge in [-0.05, 0) is 54.8 Å². The van der Waals surface area contributed by atoms with E-state index in [1.54, 1.807) is 6.07 Å². The molecule has 10 heteroatoms. The molecule has 4 aromatic rings. The summed E-state index contributed by atoms with van der Waals surface area (Å²) in [5.74, 6) is -0.684. The number of halogens is 1. The SMILES string of the molecule is CC1(C)COC(c2cc(C(=O)Nc3nc(-c4ccc(N5CCCC5)cc4)ns3)cc(F)c2OCc2ccccc2)OC1. The molecule has 2 aliphatic rings. The lowest BCUT2D eigenvalue weighted by molar-refractivity contribution is -0.226. The summed E-state index contributed by atoms with van der Waals surface area (Å²) < 4.78 is 37.8. The smallest absolute Gasteiger partial charge is 0.257 e. The maximum absolute atomic E-state index is 15.5. The lowest BCUT2D eigenvalue weighted by atomic mass is 9.95. The Bertz CT molecular complexity index is 1530. The summed E-state index contributed by atoms with van der Waals surface area (Å²) in [5.41, 5.74) is 3.16. The molecular weight excluding hydrogens is 555 g/mol. The Kier molecular flexibility index (Phi) is 8.19. The molecule has 1 amide bonds. The maximum Gasteiger partial charge on any atom is 0.257 e. The second-order valence-corrected chi connectivity index (χ2v) is 12.1. The molecule has 2 saturated heterocycles. The summed E-state index contributed by atoms with van der Waals surface area (Å²) in [4.78, 5) is 20.1. The molecule has 0 aliphatic carbocycles. The number of rotatable bonds is 8. The minimum absolute atomic E-state index is 0.00399. The molecule has 8 nitrogen and oxygen atoms in total. The highest BCUT2D eigenvalue weighted by Gasteiger charge is 2.32. The number of carbonyl (C=O) groups excluding carboxylic acids is 1. The van der Waals surface area contributed by atoms with Crippen LogP contribution in [0.3, 0.4) is 0 Å². The van der Waals surface area contributed by atoms with Crippen LogP contribution in [0.1, 0.15) is 54.5 Å². The van der Waals surface area contributed by atoms with Gasteiger partial charge in [0, 0.05) is 46.9 Å². The Morgan fingerprint density at radius 1 is 1.07 bits per heavy atom. The number of ether oxygens (including phenoxy) is 3. The largest absolute Gasteiger partial charge is 0.485 e. The van der Waals surface area contributed by atoms with Crippen molar-refractivity contribution in [2.24, 2.45) is 5.41 Å². The van der Waals surface area contributed by atoms with E-state index < -0.39 is 18.0 Å². The van der Waals surface area contributed by atoms with Gasteiger partial charge < -0.3 is 19.1 Å². The van der Waals surface area contributed by atoms with E-state index in [4.69, 9.17) is 14.2 Å². The maximum atomic E-state index is 15.5. The van der Waals surface area contributed by atoms with Crippen molar-refractivity contribution in [3.8, 4) is 17.1 Å². The molecule has 1 aromatic heterocycles. The summed E-state index contributed by atoms with van der Waals surface area (Å²) in [6.45, 7) is 7.19. The van der Waals surface area contributed by atoms with Gasteiger partial charge in [-0.25, -0.2) is 4.39 Å². The first-order valence-electron chi connectivity index (χ1n) is 14.1. The number of anilines is 2. The number of aromatic nitrogens is 2. The van der Waals surface area contributed by atoms with Gasteiger partial charge in [0.25, 0.3) is 5.91 Å². The Balaban J connectivity index is 1.20. The van der Waals surface area contributed by atoms with Crippen molar-refractivity contribution in [3.05, 3.63) is 89.2 Å². The van der Waals surface area contributed by atoms with E-state index in [9.17, 15) is 4.79 Å². The van der Waals surface area contributed by atoms with E-state index in [0.717, 1.165) is 41.8 Å². The van der Waals surface area contributed by atoms with E-state index in [1.165, 1.54) is 18.5 Å². The molecule has 3 heterocycles. The molecule has 42 heavy (non-hydrogen) atoms. The molecule has 6 rings (SSSR count). The van der Waals surface area contributed by atoms with Gasteiger partial charge in [0.1, 0.15) is 6.61 Å².